The molecular weight excluding hydrogens is 384 g/mol. The summed E-state index contributed by atoms with van der Waals surface area (Å²) in [6.45, 7) is 6.70. The molecule has 28 heavy (non-hydrogen) atoms. The summed E-state index contributed by atoms with van der Waals surface area (Å²) in [6.07, 6.45) is 5.82. The smallest absolute Gasteiger partial charge is 0.138 e. The number of pyridine rings is 1. The van der Waals surface area contributed by atoms with Crippen molar-refractivity contribution in [2.75, 3.05) is 35.4 Å². The summed E-state index contributed by atoms with van der Waals surface area (Å²) >= 11 is 7.32. The molecule has 1 heterocycles. The molecule has 0 spiro atoms. The average Bonchev–Trinajstić information content (AvgIpc) is 3.02. The number of anilines is 3. The van der Waals surface area contributed by atoms with Crippen molar-refractivity contribution in [2.45, 2.75) is 39.7 Å². The second-order valence-electron chi connectivity index (χ2n) is 8.66. The van der Waals surface area contributed by atoms with E-state index in [0.717, 1.165) is 34.3 Å². The Morgan fingerprint density at radius 2 is 2.07 bits per heavy atom. The summed E-state index contributed by atoms with van der Waals surface area (Å²) in [5, 5.41) is 7.11. The highest BCUT2D eigenvalue weighted by molar-refractivity contribution is 8.23. The van der Waals surface area contributed by atoms with E-state index in [1.165, 1.54) is 16.8 Å². The number of hydrogen-bond acceptors (Lipinski definition) is 5. The van der Waals surface area contributed by atoms with Crippen LogP contribution in [0.2, 0.25) is 0 Å². The zero-order valence-electron chi connectivity index (χ0n) is 17.4. The van der Waals surface area contributed by atoms with Gasteiger partial charge < -0.3 is 15.5 Å². The summed E-state index contributed by atoms with van der Waals surface area (Å²) in [7, 11) is 4.21. The van der Waals surface area contributed by atoms with Crippen LogP contribution in [0.4, 0.5) is 17.1 Å². The largest absolute Gasteiger partial charge is 0.377 e. The number of thiocarbonyl (C=S) groups is 1. The molecule has 1 aliphatic rings. The molecule has 2 N–H and O–H groups in total. The molecule has 1 unspecified atom stereocenters. The molecule has 150 valence electrons. The van der Waals surface area contributed by atoms with Gasteiger partial charge in [-0.1, -0.05) is 50.8 Å². The zero-order chi connectivity index (χ0) is 20.3. The van der Waals surface area contributed by atoms with Crippen molar-refractivity contribution in [3.8, 4) is 0 Å². The molecule has 3 rings (SSSR count). The van der Waals surface area contributed by atoms with Crippen molar-refractivity contribution in [3.63, 3.8) is 0 Å². The molecule has 6 heteroatoms. The van der Waals surface area contributed by atoms with E-state index < -0.39 is 0 Å². The third-order valence-electron chi connectivity index (χ3n) is 4.70. The van der Waals surface area contributed by atoms with Gasteiger partial charge in [0.05, 0.1) is 23.1 Å². The predicted octanol–water partition coefficient (Wildman–Crippen LogP) is 5.72. The quantitative estimate of drug-likeness (QED) is 0.610. The van der Waals surface area contributed by atoms with Crippen LogP contribution in [-0.2, 0) is 6.42 Å². The number of nitrogens with one attached hydrogen (secondary N) is 2. The number of hydrogen-bond donors (Lipinski definition) is 2. The van der Waals surface area contributed by atoms with Gasteiger partial charge in [0.25, 0.3) is 0 Å². The lowest BCUT2D eigenvalue weighted by molar-refractivity contribution is 0.481. The van der Waals surface area contributed by atoms with Crippen LogP contribution in [-0.4, -0.2) is 29.2 Å². The van der Waals surface area contributed by atoms with Gasteiger partial charge in [-0.2, -0.15) is 0 Å². The van der Waals surface area contributed by atoms with Crippen molar-refractivity contribution in [1.29, 1.82) is 0 Å². The molecule has 1 aliphatic carbocycles. The second kappa shape index (κ2) is 8.70. The minimum atomic E-state index is 0.254. The van der Waals surface area contributed by atoms with E-state index in [1.807, 2.05) is 12.3 Å². The number of thioether (sulfide) groups is 1. The average molecular weight is 415 g/mol. The van der Waals surface area contributed by atoms with Gasteiger partial charge in [-0.05, 0) is 47.6 Å². The molecule has 0 bridgehead atoms. The lowest BCUT2D eigenvalue weighted by atomic mass is 10.0. The maximum Gasteiger partial charge on any atom is 0.138 e. The molecular formula is C22H30N4S2. The third-order valence-corrected chi connectivity index (χ3v) is 6.53. The summed E-state index contributed by atoms with van der Waals surface area (Å²) in [5.41, 5.74) is 6.42. The topological polar surface area (TPSA) is 40.2 Å². The van der Waals surface area contributed by atoms with Crippen molar-refractivity contribution < 1.29 is 0 Å². The van der Waals surface area contributed by atoms with Crippen LogP contribution < -0.4 is 15.5 Å². The fourth-order valence-electron chi connectivity index (χ4n) is 3.52. The van der Waals surface area contributed by atoms with Crippen LogP contribution in [0.25, 0.3) is 0 Å². The fourth-order valence-corrected chi connectivity index (χ4v) is 4.56. The molecule has 0 saturated carbocycles. The van der Waals surface area contributed by atoms with Crippen LogP contribution >= 0.6 is 24.0 Å². The maximum absolute atomic E-state index is 5.60. The monoisotopic (exact) mass is 414 g/mol. The van der Waals surface area contributed by atoms with Crippen molar-refractivity contribution in [3.05, 3.63) is 47.8 Å². The molecule has 1 aromatic carbocycles. The standard InChI is InChI=1S/C22H30N4S2/c1-22(2,3)14-28-21(27)25-19-11-8-16-17(20(19)26(4)5)9-10-18(16)24-15-7-6-12-23-13-15/h6-8,11-13,18,24H,9-10,14H2,1-5H3,(H,25,27). The molecule has 4 nitrogen and oxygen atoms in total. The summed E-state index contributed by atoms with van der Waals surface area (Å²) in [5.74, 6) is 0.998. The summed E-state index contributed by atoms with van der Waals surface area (Å²) < 4.78 is 0.834. The lowest BCUT2D eigenvalue weighted by Crippen LogP contribution is -2.18. The molecule has 0 aliphatic heterocycles. The van der Waals surface area contributed by atoms with E-state index in [4.69, 9.17) is 12.2 Å². The Morgan fingerprint density at radius 3 is 2.71 bits per heavy atom. The van der Waals surface area contributed by atoms with Crippen LogP contribution in [0, 0.1) is 5.41 Å². The number of benzene rings is 1. The molecule has 0 saturated heterocycles. The Kier molecular flexibility index (Phi) is 6.50. The maximum atomic E-state index is 5.60. The Hall–Kier alpha value is -1.79. The lowest BCUT2D eigenvalue weighted by Gasteiger charge is -2.24. The van der Waals surface area contributed by atoms with Gasteiger partial charge in [0, 0.05) is 32.2 Å². The molecule has 0 amide bonds. The predicted molar refractivity (Wildman–Crippen MR) is 128 cm³/mol. The van der Waals surface area contributed by atoms with E-state index in [2.05, 4.69) is 73.6 Å². The number of rotatable bonds is 5. The highest BCUT2D eigenvalue weighted by Crippen LogP contribution is 2.42. The van der Waals surface area contributed by atoms with E-state index >= 15 is 0 Å². The highest BCUT2D eigenvalue weighted by atomic mass is 32.2. The van der Waals surface area contributed by atoms with Crippen LogP contribution in [0.3, 0.4) is 0 Å². The third kappa shape index (κ3) is 5.17. The van der Waals surface area contributed by atoms with E-state index in [1.54, 1.807) is 18.0 Å². The molecule has 1 aromatic heterocycles. The van der Waals surface area contributed by atoms with Crippen molar-refractivity contribution >= 4 is 45.4 Å². The molecule has 2 aromatic rings. The van der Waals surface area contributed by atoms with Gasteiger partial charge >= 0.3 is 0 Å². The van der Waals surface area contributed by atoms with Gasteiger partial charge in [-0.3, -0.25) is 4.98 Å². The van der Waals surface area contributed by atoms with Crippen LogP contribution in [0.5, 0.6) is 0 Å². The minimum absolute atomic E-state index is 0.254. The first kappa shape index (κ1) is 20.9. The number of fused-ring (bicyclic) bond motifs is 1. The first-order valence-corrected chi connectivity index (χ1v) is 11.1. The van der Waals surface area contributed by atoms with E-state index in [0.29, 0.717) is 6.04 Å². The molecule has 0 fully saturated rings. The van der Waals surface area contributed by atoms with Gasteiger partial charge in [0.2, 0.25) is 0 Å². The Labute approximate surface area is 178 Å². The molecule has 1 atom stereocenters. The minimum Gasteiger partial charge on any atom is -0.377 e. The SMILES string of the molecule is CN(C)c1c(NC(=S)SCC(C)(C)C)ccc2c1CCC2Nc1cccnc1. The molecule has 0 radical (unpaired) electrons. The Balaban J connectivity index is 1.80. The normalized spacial score (nSPS) is 15.8. The van der Waals surface area contributed by atoms with Gasteiger partial charge in [0.15, 0.2) is 0 Å². The van der Waals surface area contributed by atoms with E-state index in [9.17, 15) is 0 Å². The Morgan fingerprint density at radius 1 is 1.29 bits per heavy atom. The second-order valence-corrected chi connectivity index (χ2v) is 10.3. The van der Waals surface area contributed by atoms with Gasteiger partial charge in [-0.15, -0.1) is 0 Å². The zero-order valence-corrected chi connectivity index (χ0v) is 19.0. The van der Waals surface area contributed by atoms with Crippen molar-refractivity contribution in [2.24, 2.45) is 5.41 Å². The number of aromatic nitrogens is 1. The number of nitrogens with zero attached hydrogens (tertiary/aromatic N) is 2. The van der Waals surface area contributed by atoms with Crippen LogP contribution in [0.1, 0.15) is 44.4 Å². The summed E-state index contributed by atoms with van der Waals surface area (Å²) in [6, 6.07) is 8.75. The van der Waals surface area contributed by atoms with Crippen molar-refractivity contribution in [1.82, 2.24) is 4.98 Å². The van der Waals surface area contributed by atoms with E-state index in [-0.39, 0.29) is 5.41 Å². The summed E-state index contributed by atoms with van der Waals surface area (Å²) in [4.78, 5) is 6.41. The van der Waals surface area contributed by atoms with Crippen LogP contribution in [0.15, 0.2) is 36.7 Å². The Bertz CT molecular complexity index is 828. The van der Waals surface area contributed by atoms with Gasteiger partial charge in [0.1, 0.15) is 4.32 Å². The fraction of sp³-hybridized carbons (Fsp3) is 0.455. The van der Waals surface area contributed by atoms with Gasteiger partial charge in [-0.25, -0.2) is 0 Å². The first-order chi connectivity index (χ1) is 13.2. The first-order valence-electron chi connectivity index (χ1n) is 9.68. The highest BCUT2D eigenvalue weighted by Gasteiger charge is 2.27.